The van der Waals surface area contributed by atoms with Crippen molar-refractivity contribution in [2.24, 2.45) is 5.73 Å². The minimum atomic E-state index is -0.0424. The standard InChI is InChI=1S/C10H21N3OS/c1-3-4-5-6-8(2)13-9(14)7-15-10(11)12/h8H,3-7H2,1-2H3,(H3,11,12)(H,13,14). The first-order chi connectivity index (χ1) is 7.06. The number of carbonyl (C=O) groups excluding carboxylic acids is 1. The molecule has 88 valence electrons. The molecule has 0 aliphatic heterocycles. The first kappa shape index (κ1) is 14.3. The number of amides is 1. The van der Waals surface area contributed by atoms with Crippen molar-refractivity contribution in [1.29, 1.82) is 5.41 Å². The molecule has 0 saturated heterocycles. The van der Waals surface area contributed by atoms with Gasteiger partial charge in [-0.1, -0.05) is 37.9 Å². The normalized spacial score (nSPS) is 12.1. The van der Waals surface area contributed by atoms with Crippen molar-refractivity contribution in [1.82, 2.24) is 5.32 Å². The molecule has 1 unspecified atom stereocenters. The van der Waals surface area contributed by atoms with Crippen LogP contribution >= 0.6 is 11.8 Å². The second kappa shape index (κ2) is 8.59. The van der Waals surface area contributed by atoms with Crippen LogP contribution in [0, 0.1) is 5.41 Å². The summed E-state index contributed by atoms with van der Waals surface area (Å²) in [6.07, 6.45) is 4.57. The first-order valence-corrected chi connectivity index (χ1v) is 6.31. The highest BCUT2D eigenvalue weighted by atomic mass is 32.2. The van der Waals surface area contributed by atoms with E-state index in [0.29, 0.717) is 0 Å². The fourth-order valence-corrected chi connectivity index (χ4v) is 1.60. The fourth-order valence-electron chi connectivity index (χ4n) is 1.23. The smallest absolute Gasteiger partial charge is 0.230 e. The van der Waals surface area contributed by atoms with Crippen LogP contribution in [0.4, 0.5) is 0 Å². The van der Waals surface area contributed by atoms with Crippen LogP contribution in [0.5, 0.6) is 0 Å². The number of nitrogens with one attached hydrogen (secondary N) is 2. The molecule has 1 atom stereocenters. The average molecular weight is 231 g/mol. The Hall–Kier alpha value is -0.710. The lowest BCUT2D eigenvalue weighted by Gasteiger charge is -2.13. The van der Waals surface area contributed by atoms with Crippen LogP contribution in [-0.4, -0.2) is 22.9 Å². The summed E-state index contributed by atoms with van der Waals surface area (Å²) in [5, 5.41) is 9.84. The molecule has 1 amide bonds. The lowest BCUT2D eigenvalue weighted by Crippen LogP contribution is -2.34. The Morgan fingerprint density at radius 3 is 2.73 bits per heavy atom. The maximum absolute atomic E-state index is 11.3. The highest BCUT2D eigenvalue weighted by molar-refractivity contribution is 8.14. The molecule has 15 heavy (non-hydrogen) atoms. The summed E-state index contributed by atoms with van der Waals surface area (Å²) in [5.74, 6) is 0.201. The van der Waals surface area contributed by atoms with Crippen LogP contribution < -0.4 is 11.1 Å². The van der Waals surface area contributed by atoms with E-state index in [4.69, 9.17) is 11.1 Å². The second-order valence-corrected chi connectivity index (χ2v) is 4.63. The van der Waals surface area contributed by atoms with E-state index in [9.17, 15) is 4.79 Å². The van der Waals surface area contributed by atoms with Gasteiger partial charge in [-0.2, -0.15) is 0 Å². The van der Waals surface area contributed by atoms with E-state index in [1.54, 1.807) is 0 Å². The second-order valence-electron chi connectivity index (χ2n) is 3.62. The van der Waals surface area contributed by atoms with Gasteiger partial charge in [-0.15, -0.1) is 0 Å². The number of nitrogens with two attached hydrogens (primary N) is 1. The van der Waals surface area contributed by atoms with Crippen molar-refractivity contribution in [2.75, 3.05) is 5.75 Å². The number of hydrogen-bond donors (Lipinski definition) is 3. The largest absolute Gasteiger partial charge is 0.379 e. The number of rotatable bonds is 7. The minimum Gasteiger partial charge on any atom is -0.379 e. The molecule has 0 aliphatic carbocycles. The summed E-state index contributed by atoms with van der Waals surface area (Å²) >= 11 is 1.06. The predicted octanol–water partition coefficient (Wildman–Crippen LogP) is 1.70. The molecule has 0 aliphatic rings. The van der Waals surface area contributed by atoms with Crippen molar-refractivity contribution in [3.63, 3.8) is 0 Å². The van der Waals surface area contributed by atoms with Gasteiger partial charge in [-0.25, -0.2) is 0 Å². The third-order valence-corrected chi connectivity index (χ3v) is 2.72. The topological polar surface area (TPSA) is 79.0 Å². The molecule has 0 heterocycles. The lowest BCUT2D eigenvalue weighted by molar-refractivity contribution is -0.119. The van der Waals surface area contributed by atoms with E-state index in [1.165, 1.54) is 12.8 Å². The van der Waals surface area contributed by atoms with Gasteiger partial charge in [0.15, 0.2) is 5.17 Å². The molecule has 0 rings (SSSR count). The average Bonchev–Trinajstić information content (AvgIpc) is 2.15. The van der Waals surface area contributed by atoms with E-state index in [-0.39, 0.29) is 22.9 Å². The molecule has 0 spiro atoms. The molecule has 0 aromatic carbocycles. The Labute approximate surface area is 95.9 Å². The van der Waals surface area contributed by atoms with Crippen molar-refractivity contribution >= 4 is 22.8 Å². The van der Waals surface area contributed by atoms with Gasteiger partial charge >= 0.3 is 0 Å². The van der Waals surface area contributed by atoms with E-state index in [0.717, 1.165) is 24.6 Å². The third kappa shape index (κ3) is 9.59. The van der Waals surface area contributed by atoms with E-state index < -0.39 is 0 Å². The minimum absolute atomic E-state index is 0.0104. The van der Waals surface area contributed by atoms with Crippen LogP contribution in [0.3, 0.4) is 0 Å². The SMILES string of the molecule is CCCCCC(C)NC(=O)CSC(=N)N. The zero-order valence-corrected chi connectivity index (χ0v) is 10.3. The van der Waals surface area contributed by atoms with Crippen LogP contribution in [0.15, 0.2) is 0 Å². The van der Waals surface area contributed by atoms with Gasteiger partial charge in [-0.3, -0.25) is 10.2 Å². The van der Waals surface area contributed by atoms with Gasteiger partial charge in [0.1, 0.15) is 0 Å². The quantitative estimate of drug-likeness (QED) is 0.354. The van der Waals surface area contributed by atoms with Crippen molar-refractivity contribution in [2.45, 2.75) is 45.6 Å². The highest BCUT2D eigenvalue weighted by Crippen LogP contribution is 2.03. The Bertz CT molecular complexity index is 209. The fraction of sp³-hybridized carbons (Fsp3) is 0.800. The van der Waals surface area contributed by atoms with Gasteiger partial charge < -0.3 is 11.1 Å². The monoisotopic (exact) mass is 231 g/mol. The number of unbranched alkanes of at least 4 members (excludes halogenated alkanes) is 2. The number of thioether (sulfide) groups is 1. The predicted molar refractivity (Wildman–Crippen MR) is 66.1 cm³/mol. The lowest BCUT2D eigenvalue weighted by atomic mass is 10.1. The molecular formula is C10H21N3OS. The molecule has 0 fully saturated rings. The van der Waals surface area contributed by atoms with Crippen LogP contribution in [-0.2, 0) is 4.79 Å². The Morgan fingerprint density at radius 2 is 2.20 bits per heavy atom. The molecule has 0 aromatic rings. The van der Waals surface area contributed by atoms with Gasteiger partial charge in [0.2, 0.25) is 5.91 Å². The number of amidine groups is 1. The molecule has 0 bridgehead atoms. The first-order valence-electron chi connectivity index (χ1n) is 5.32. The number of hydrogen-bond acceptors (Lipinski definition) is 3. The summed E-state index contributed by atoms with van der Waals surface area (Å²) in [5.41, 5.74) is 5.14. The van der Waals surface area contributed by atoms with Gasteiger partial charge in [-0.05, 0) is 13.3 Å². The van der Waals surface area contributed by atoms with E-state index in [1.807, 2.05) is 6.92 Å². The summed E-state index contributed by atoms with van der Waals surface area (Å²) in [4.78, 5) is 11.3. The van der Waals surface area contributed by atoms with Crippen molar-refractivity contribution in [3.8, 4) is 0 Å². The van der Waals surface area contributed by atoms with Crippen molar-refractivity contribution in [3.05, 3.63) is 0 Å². The molecule has 5 heteroatoms. The van der Waals surface area contributed by atoms with Gasteiger partial charge in [0.05, 0.1) is 5.75 Å². The molecule has 4 nitrogen and oxygen atoms in total. The summed E-state index contributed by atoms with van der Waals surface area (Å²) in [6, 6.07) is 0.219. The summed E-state index contributed by atoms with van der Waals surface area (Å²) in [6.45, 7) is 4.17. The molecule has 0 aromatic heterocycles. The highest BCUT2D eigenvalue weighted by Gasteiger charge is 2.07. The summed E-state index contributed by atoms with van der Waals surface area (Å²) < 4.78 is 0. The van der Waals surface area contributed by atoms with Gasteiger partial charge in [0.25, 0.3) is 0 Å². The summed E-state index contributed by atoms with van der Waals surface area (Å²) in [7, 11) is 0. The van der Waals surface area contributed by atoms with E-state index >= 15 is 0 Å². The Kier molecular flexibility index (Phi) is 8.18. The third-order valence-electron chi connectivity index (χ3n) is 2.01. The van der Waals surface area contributed by atoms with Crippen molar-refractivity contribution < 1.29 is 4.79 Å². The zero-order chi connectivity index (χ0) is 11.7. The van der Waals surface area contributed by atoms with Gasteiger partial charge in [0, 0.05) is 6.04 Å². The van der Waals surface area contributed by atoms with Crippen LogP contribution in [0.1, 0.15) is 39.5 Å². The Morgan fingerprint density at radius 1 is 1.53 bits per heavy atom. The number of carbonyl (C=O) groups is 1. The molecule has 0 radical (unpaired) electrons. The molecule has 4 N–H and O–H groups in total. The molecule has 0 saturated carbocycles. The zero-order valence-electron chi connectivity index (χ0n) is 9.51. The van der Waals surface area contributed by atoms with Crippen LogP contribution in [0.25, 0.3) is 0 Å². The van der Waals surface area contributed by atoms with E-state index in [2.05, 4.69) is 12.2 Å². The maximum atomic E-state index is 11.3. The Balaban J connectivity index is 3.53. The molecular weight excluding hydrogens is 210 g/mol. The maximum Gasteiger partial charge on any atom is 0.230 e. The van der Waals surface area contributed by atoms with Crippen LogP contribution in [0.2, 0.25) is 0 Å².